The van der Waals surface area contributed by atoms with Gasteiger partial charge in [0.2, 0.25) is 0 Å². The van der Waals surface area contributed by atoms with Gasteiger partial charge in [-0.1, -0.05) is 29.8 Å². The topological polar surface area (TPSA) is 70.2 Å². The number of aliphatic imine (C=N–C) groups is 1. The van der Waals surface area contributed by atoms with Crippen molar-refractivity contribution < 1.29 is 9.53 Å². The summed E-state index contributed by atoms with van der Waals surface area (Å²) in [7, 11) is 0. The number of benzene rings is 1. The van der Waals surface area contributed by atoms with Crippen LogP contribution in [0.3, 0.4) is 0 Å². The lowest BCUT2D eigenvalue weighted by molar-refractivity contribution is 0.00625. The van der Waals surface area contributed by atoms with Crippen LogP contribution >= 0.6 is 0 Å². The standard InChI is InChI=1S/C33H41N3O2/c1-18-11-13-25(14-12-18)15-26-19(2)20(3)27(34-26)16-28-21(4)22(5)29(35-28)17-30-23(6)24(7)31(36-30)32(37)38-33(8,9)10/h11-14,16,34,36H,15,17H2,1-10H3/b28-16-. The number of carbonyl (C=O) groups excluding carboxylic acids is 1. The van der Waals surface area contributed by atoms with Crippen molar-refractivity contribution in [2.75, 3.05) is 0 Å². The first-order valence-electron chi connectivity index (χ1n) is 13.4. The molecule has 0 bridgehead atoms. The van der Waals surface area contributed by atoms with E-state index in [2.05, 4.69) is 74.9 Å². The molecule has 4 rings (SSSR count). The van der Waals surface area contributed by atoms with E-state index in [0.29, 0.717) is 12.1 Å². The fourth-order valence-electron chi connectivity index (χ4n) is 4.81. The molecule has 5 heteroatoms. The van der Waals surface area contributed by atoms with E-state index in [4.69, 9.17) is 9.73 Å². The number of aromatic nitrogens is 2. The Morgan fingerprint density at radius 1 is 0.816 bits per heavy atom. The lowest BCUT2D eigenvalue weighted by Crippen LogP contribution is -2.24. The molecule has 0 aliphatic carbocycles. The number of ether oxygens (including phenoxy) is 1. The number of hydrogen-bond acceptors (Lipinski definition) is 3. The minimum atomic E-state index is -0.539. The zero-order valence-corrected chi connectivity index (χ0v) is 24.6. The van der Waals surface area contributed by atoms with Crippen LogP contribution in [-0.4, -0.2) is 27.2 Å². The lowest BCUT2D eigenvalue weighted by Gasteiger charge is -2.19. The quantitative estimate of drug-likeness (QED) is 0.331. The van der Waals surface area contributed by atoms with Gasteiger partial charge in [-0.2, -0.15) is 0 Å². The molecule has 0 radical (unpaired) electrons. The van der Waals surface area contributed by atoms with Gasteiger partial charge in [0, 0.05) is 29.9 Å². The van der Waals surface area contributed by atoms with Crippen LogP contribution in [0.1, 0.15) is 95.6 Å². The van der Waals surface area contributed by atoms with Gasteiger partial charge in [0.1, 0.15) is 11.3 Å². The third-order valence-corrected chi connectivity index (χ3v) is 7.74. The van der Waals surface area contributed by atoms with Crippen molar-refractivity contribution >= 4 is 17.8 Å². The van der Waals surface area contributed by atoms with Crippen LogP contribution in [0.15, 0.2) is 46.1 Å². The second kappa shape index (κ2) is 10.3. The molecule has 38 heavy (non-hydrogen) atoms. The van der Waals surface area contributed by atoms with Crippen LogP contribution < -0.4 is 0 Å². The molecule has 5 nitrogen and oxygen atoms in total. The van der Waals surface area contributed by atoms with Crippen LogP contribution in [0.4, 0.5) is 0 Å². The van der Waals surface area contributed by atoms with Gasteiger partial charge in [-0.05, 0) is 114 Å². The molecule has 1 aliphatic heterocycles. The summed E-state index contributed by atoms with van der Waals surface area (Å²) in [5.74, 6) is -0.319. The lowest BCUT2D eigenvalue weighted by atomic mass is 10.0. The van der Waals surface area contributed by atoms with E-state index in [1.165, 1.54) is 39.1 Å². The smallest absolute Gasteiger partial charge is 0.355 e. The molecule has 0 saturated carbocycles. The van der Waals surface area contributed by atoms with Crippen molar-refractivity contribution in [3.63, 3.8) is 0 Å². The minimum Gasteiger partial charge on any atom is -0.455 e. The average Bonchev–Trinajstić information content (AvgIpc) is 3.38. The molecule has 2 N–H and O–H groups in total. The van der Waals surface area contributed by atoms with Gasteiger partial charge in [0.25, 0.3) is 0 Å². The summed E-state index contributed by atoms with van der Waals surface area (Å²) in [6.45, 7) is 20.4. The van der Waals surface area contributed by atoms with Crippen molar-refractivity contribution in [1.82, 2.24) is 9.97 Å². The van der Waals surface area contributed by atoms with Gasteiger partial charge in [-0.15, -0.1) is 0 Å². The molecule has 0 saturated heterocycles. The first-order chi connectivity index (χ1) is 17.7. The van der Waals surface area contributed by atoms with Crippen LogP contribution in [0, 0.1) is 34.6 Å². The number of rotatable bonds is 6. The van der Waals surface area contributed by atoms with Crippen LogP contribution in [0.2, 0.25) is 0 Å². The Morgan fingerprint density at radius 3 is 2.05 bits per heavy atom. The highest BCUT2D eigenvalue weighted by molar-refractivity contribution is 6.06. The number of esters is 1. The minimum absolute atomic E-state index is 0.319. The fraction of sp³-hybridized carbons (Fsp3) is 0.394. The summed E-state index contributed by atoms with van der Waals surface area (Å²) >= 11 is 0. The van der Waals surface area contributed by atoms with Crippen molar-refractivity contribution in [2.24, 2.45) is 4.99 Å². The van der Waals surface area contributed by atoms with Crippen molar-refractivity contribution in [2.45, 2.75) is 87.7 Å². The molecular formula is C33H41N3O2. The Hall–Kier alpha value is -3.60. The predicted octanol–water partition coefficient (Wildman–Crippen LogP) is 7.81. The largest absolute Gasteiger partial charge is 0.455 e. The molecule has 1 aromatic carbocycles. The summed E-state index contributed by atoms with van der Waals surface area (Å²) in [5.41, 5.74) is 14.8. The Bertz CT molecular complexity index is 1480. The first kappa shape index (κ1) is 27.4. The van der Waals surface area contributed by atoms with E-state index >= 15 is 0 Å². The third kappa shape index (κ3) is 5.62. The highest BCUT2D eigenvalue weighted by Crippen LogP contribution is 2.31. The Morgan fingerprint density at radius 2 is 1.42 bits per heavy atom. The van der Waals surface area contributed by atoms with Crippen LogP contribution in [-0.2, 0) is 17.6 Å². The van der Waals surface area contributed by atoms with E-state index in [0.717, 1.165) is 40.3 Å². The van der Waals surface area contributed by atoms with Gasteiger partial charge in [0.05, 0.1) is 11.4 Å². The molecule has 3 aromatic rings. The van der Waals surface area contributed by atoms with Gasteiger partial charge >= 0.3 is 5.97 Å². The number of aryl methyl sites for hydroxylation is 1. The van der Waals surface area contributed by atoms with Crippen LogP contribution in [0.5, 0.6) is 0 Å². The second-order valence-corrected chi connectivity index (χ2v) is 11.7. The summed E-state index contributed by atoms with van der Waals surface area (Å²) in [6.07, 6.45) is 3.69. The summed E-state index contributed by atoms with van der Waals surface area (Å²) in [6, 6.07) is 8.73. The molecule has 200 valence electrons. The first-order valence-corrected chi connectivity index (χ1v) is 13.4. The SMILES string of the molecule is CC1=C(C)/C(=C/c2[nH]c(Cc3ccc(C)cc3)c(C)c2C)N=C1Cc1[nH]c(C(=O)OC(C)(C)C)c(C)c1C. The maximum atomic E-state index is 12.7. The number of nitrogens with zero attached hydrogens (tertiary/aromatic N) is 1. The van der Waals surface area contributed by atoms with Gasteiger partial charge in [0.15, 0.2) is 0 Å². The number of H-pyrrole nitrogens is 2. The Labute approximate surface area is 227 Å². The summed E-state index contributed by atoms with van der Waals surface area (Å²) in [4.78, 5) is 24.8. The number of carbonyl (C=O) groups is 1. The van der Waals surface area contributed by atoms with E-state index in [-0.39, 0.29) is 5.97 Å². The Balaban J connectivity index is 1.60. The number of hydrogen-bond donors (Lipinski definition) is 2. The fourth-order valence-corrected chi connectivity index (χ4v) is 4.81. The number of nitrogens with one attached hydrogen (secondary N) is 2. The highest BCUT2D eigenvalue weighted by Gasteiger charge is 2.25. The molecule has 2 aromatic heterocycles. The summed E-state index contributed by atoms with van der Waals surface area (Å²) < 4.78 is 5.61. The molecule has 0 spiro atoms. The van der Waals surface area contributed by atoms with E-state index in [1.807, 2.05) is 34.6 Å². The van der Waals surface area contributed by atoms with Gasteiger partial charge < -0.3 is 14.7 Å². The molecular weight excluding hydrogens is 470 g/mol. The van der Waals surface area contributed by atoms with Crippen molar-refractivity contribution in [3.05, 3.63) is 97.3 Å². The Kier molecular flexibility index (Phi) is 7.42. The van der Waals surface area contributed by atoms with Crippen LogP contribution in [0.25, 0.3) is 6.08 Å². The number of aromatic amines is 2. The number of allylic oxidation sites excluding steroid dienone is 2. The highest BCUT2D eigenvalue weighted by atomic mass is 16.6. The average molecular weight is 512 g/mol. The third-order valence-electron chi connectivity index (χ3n) is 7.74. The molecule has 0 unspecified atom stereocenters. The molecule has 0 amide bonds. The van der Waals surface area contributed by atoms with E-state index < -0.39 is 5.60 Å². The maximum Gasteiger partial charge on any atom is 0.355 e. The maximum absolute atomic E-state index is 12.7. The normalized spacial score (nSPS) is 15.0. The predicted molar refractivity (Wildman–Crippen MR) is 157 cm³/mol. The molecule has 3 heterocycles. The second-order valence-electron chi connectivity index (χ2n) is 11.7. The zero-order chi connectivity index (χ0) is 27.9. The molecule has 0 fully saturated rings. The zero-order valence-electron chi connectivity index (χ0n) is 24.6. The van der Waals surface area contributed by atoms with E-state index in [9.17, 15) is 4.79 Å². The van der Waals surface area contributed by atoms with E-state index in [1.54, 1.807) is 0 Å². The van der Waals surface area contributed by atoms with Gasteiger partial charge in [-0.25, -0.2) is 4.79 Å². The monoisotopic (exact) mass is 511 g/mol. The molecule has 0 atom stereocenters. The van der Waals surface area contributed by atoms with Crippen molar-refractivity contribution in [3.8, 4) is 0 Å². The van der Waals surface area contributed by atoms with Crippen molar-refractivity contribution in [1.29, 1.82) is 0 Å². The molecule has 1 aliphatic rings. The van der Waals surface area contributed by atoms with Gasteiger partial charge in [-0.3, -0.25) is 4.99 Å². The summed E-state index contributed by atoms with van der Waals surface area (Å²) in [5, 5.41) is 0.